The lowest BCUT2D eigenvalue weighted by molar-refractivity contribution is 0.146. The van der Waals surface area contributed by atoms with Crippen molar-refractivity contribution < 1.29 is 9.47 Å². The van der Waals surface area contributed by atoms with Gasteiger partial charge in [-0.2, -0.15) is 0 Å². The van der Waals surface area contributed by atoms with Crippen LogP contribution in [0.2, 0.25) is 0 Å². The fraction of sp³-hybridized carbons (Fsp3) is 0.556. The average molecular weight is 289 g/mol. The molecule has 116 valence electrons. The second-order valence-electron chi connectivity index (χ2n) is 6.05. The van der Waals surface area contributed by atoms with Crippen LogP contribution in [0.4, 0.5) is 5.69 Å². The third kappa shape index (κ3) is 5.43. The van der Waals surface area contributed by atoms with Crippen LogP contribution in [0.5, 0.6) is 5.75 Å². The summed E-state index contributed by atoms with van der Waals surface area (Å²) in [4.78, 5) is 0. The van der Waals surface area contributed by atoms with Crippen molar-refractivity contribution in [1.82, 2.24) is 0 Å². The van der Waals surface area contributed by atoms with Gasteiger partial charge in [0.1, 0.15) is 12.4 Å². The molecular weight excluding hydrogens is 262 g/mol. The Hall–Kier alpha value is -1.48. The highest BCUT2D eigenvalue weighted by atomic mass is 16.5. The van der Waals surface area contributed by atoms with Crippen molar-refractivity contribution in [3.05, 3.63) is 35.9 Å². The van der Waals surface area contributed by atoms with Gasteiger partial charge in [-0.25, -0.2) is 0 Å². The predicted octanol–water partition coefficient (Wildman–Crippen LogP) is 4.12. The molecule has 0 aromatic heterocycles. The number of benzene rings is 1. The Morgan fingerprint density at radius 2 is 2.14 bits per heavy atom. The molecule has 1 N–H and O–H groups in total. The number of hydrogen-bond donors (Lipinski definition) is 1. The minimum absolute atomic E-state index is 0.587. The highest BCUT2D eigenvalue weighted by Crippen LogP contribution is 2.28. The molecular formula is C18H27NO2. The minimum Gasteiger partial charge on any atom is -0.491 e. The first-order valence-electron chi connectivity index (χ1n) is 7.80. The Kier molecular flexibility index (Phi) is 6.12. The maximum Gasteiger partial charge on any atom is 0.121 e. The Labute approximate surface area is 128 Å². The second-order valence-corrected chi connectivity index (χ2v) is 6.05. The highest BCUT2D eigenvalue weighted by Gasteiger charge is 2.17. The van der Waals surface area contributed by atoms with Crippen molar-refractivity contribution in [2.45, 2.75) is 26.7 Å². The molecule has 0 saturated heterocycles. The number of allylic oxidation sites excluding steroid dienone is 2. The summed E-state index contributed by atoms with van der Waals surface area (Å²) in [5.41, 5.74) is 2.65. The highest BCUT2D eigenvalue weighted by molar-refractivity contribution is 5.48. The molecule has 1 aromatic rings. The number of ether oxygens (including phenoxy) is 2. The number of rotatable bonds is 7. The number of anilines is 1. The van der Waals surface area contributed by atoms with Gasteiger partial charge in [0.05, 0.1) is 6.61 Å². The number of nitrogens with one attached hydrogen (secondary N) is 1. The molecule has 0 spiro atoms. The minimum atomic E-state index is 0.587. The average Bonchev–Trinajstić information content (AvgIpc) is 2.45. The van der Waals surface area contributed by atoms with Crippen LogP contribution in [0.25, 0.3) is 0 Å². The van der Waals surface area contributed by atoms with Gasteiger partial charge in [0.25, 0.3) is 0 Å². The van der Waals surface area contributed by atoms with Gasteiger partial charge in [-0.05, 0) is 43.7 Å². The molecule has 0 aliphatic heterocycles. The molecule has 2 atom stereocenters. The van der Waals surface area contributed by atoms with Crippen molar-refractivity contribution in [3.63, 3.8) is 0 Å². The molecule has 0 bridgehead atoms. The molecule has 0 fully saturated rings. The summed E-state index contributed by atoms with van der Waals surface area (Å²) in [5, 5.41) is 3.55. The van der Waals surface area contributed by atoms with E-state index in [1.54, 1.807) is 7.11 Å². The Morgan fingerprint density at radius 1 is 1.29 bits per heavy atom. The van der Waals surface area contributed by atoms with Gasteiger partial charge in [0, 0.05) is 25.4 Å². The molecule has 3 heteroatoms. The predicted molar refractivity (Wildman–Crippen MR) is 87.9 cm³/mol. The first kappa shape index (κ1) is 15.9. The van der Waals surface area contributed by atoms with E-state index < -0.39 is 0 Å². The standard InChI is InChI=1S/C18H27NO2/c1-14-9-15(2)11-16(10-14)13-19-17-5-4-6-18(12-17)21-8-7-20-3/h4-6,9,12,14,16,19H,7-8,10-11,13H2,1-3H3. The van der Waals surface area contributed by atoms with Crippen LogP contribution in [0, 0.1) is 11.8 Å². The summed E-state index contributed by atoms with van der Waals surface area (Å²) in [6.07, 6.45) is 4.89. The van der Waals surface area contributed by atoms with Crippen LogP contribution in [-0.2, 0) is 4.74 Å². The van der Waals surface area contributed by atoms with E-state index in [0.29, 0.717) is 19.1 Å². The first-order chi connectivity index (χ1) is 10.2. The van der Waals surface area contributed by atoms with Crippen LogP contribution in [-0.4, -0.2) is 26.9 Å². The van der Waals surface area contributed by atoms with Crippen LogP contribution >= 0.6 is 0 Å². The zero-order valence-electron chi connectivity index (χ0n) is 13.4. The molecule has 0 heterocycles. The van der Waals surface area contributed by atoms with Crippen molar-refractivity contribution in [3.8, 4) is 5.75 Å². The first-order valence-corrected chi connectivity index (χ1v) is 7.80. The molecule has 0 amide bonds. The van der Waals surface area contributed by atoms with E-state index in [1.165, 1.54) is 18.4 Å². The smallest absolute Gasteiger partial charge is 0.121 e. The monoisotopic (exact) mass is 289 g/mol. The lowest BCUT2D eigenvalue weighted by atomic mass is 9.84. The van der Waals surface area contributed by atoms with E-state index in [9.17, 15) is 0 Å². The van der Waals surface area contributed by atoms with Crippen molar-refractivity contribution in [2.24, 2.45) is 11.8 Å². The third-order valence-corrected chi connectivity index (χ3v) is 3.87. The van der Waals surface area contributed by atoms with E-state index in [4.69, 9.17) is 9.47 Å². The molecule has 0 saturated carbocycles. The number of hydrogen-bond acceptors (Lipinski definition) is 3. The molecule has 2 unspecified atom stereocenters. The normalized spacial score (nSPS) is 21.8. The Bertz CT molecular complexity index is 470. The molecule has 0 radical (unpaired) electrons. The SMILES string of the molecule is COCCOc1cccc(NCC2CC(C)=CC(C)C2)c1. The fourth-order valence-electron chi connectivity index (χ4n) is 3.04. The lowest BCUT2D eigenvalue weighted by Gasteiger charge is -2.26. The van der Waals surface area contributed by atoms with Gasteiger partial charge in [-0.1, -0.05) is 24.6 Å². The van der Waals surface area contributed by atoms with Crippen molar-refractivity contribution in [1.29, 1.82) is 0 Å². The van der Waals surface area contributed by atoms with E-state index in [0.717, 1.165) is 23.9 Å². The van der Waals surface area contributed by atoms with E-state index in [1.807, 2.05) is 12.1 Å². The maximum absolute atomic E-state index is 5.64. The molecule has 1 aliphatic carbocycles. The third-order valence-electron chi connectivity index (χ3n) is 3.87. The van der Waals surface area contributed by atoms with E-state index in [-0.39, 0.29) is 0 Å². The molecule has 3 nitrogen and oxygen atoms in total. The molecule has 2 rings (SSSR count). The van der Waals surface area contributed by atoms with E-state index in [2.05, 4.69) is 37.4 Å². The quantitative estimate of drug-likeness (QED) is 0.605. The maximum atomic E-state index is 5.64. The van der Waals surface area contributed by atoms with Crippen LogP contribution in [0.3, 0.4) is 0 Å². The summed E-state index contributed by atoms with van der Waals surface area (Å²) in [6, 6.07) is 8.16. The van der Waals surface area contributed by atoms with Gasteiger partial charge in [-0.3, -0.25) is 0 Å². The van der Waals surface area contributed by atoms with Gasteiger partial charge < -0.3 is 14.8 Å². The lowest BCUT2D eigenvalue weighted by Crippen LogP contribution is -2.20. The van der Waals surface area contributed by atoms with Gasteiger partial charge in [0.15, 0.2) is 0 Å². The van der Waals surface area contributed by atoms with E-state index >= 15 is 0 Å². The summed E-state index contributed by atoms with van der Waals surface area (Å²) >= 11 is 0. The molecule has 1 aliphatic rings. The van der Waals surface area contributed by atoms with Gasteiger partial charge in [-0.15, -0.1) is 0 Å². The van der Waals surface area contributed by atoms with Crippen LogP contribution in [0.1, 0.15) is 26.7 Å². The Morgan fingerprint density at radius 3 is 2.90 bits per heavy atom. The van der Waals surface area contributed by atoms with Crippen LogP contribution < -0.4 is 10.1 Å². The van der Waals surface area contributed by atoms with Crippen molar-refractivity contribution >= 4 is 5.69 Å². The summed E-state index contributed by atoms with van der Waals surface area (Å²) < 4.78 is 10.6. The Balaban J connectivity index is 1.83. The zero-order valence-corrected chi connectivity index (χ0v) is 13.4. The second kappa shape index (κ2) is 8.08. The fourth-order valence-corrected chi connectivity index (χ4v) is 3.04. The van der Waals surface area contributed by atoms with Crippen LogP contribution in [0.15, 0.2) is 35.9 Å². The topological polar surface area (TPSA) is 30.5 Å². The van der Waals surface area contributed by atoms with Gasteiger partial charge >= 0.3 is 0 Å². The summed E-state index contributed by atoms with van der Waals surface area (Å²) in [5.74, 6) is 2.32. The number of methoxy groups -OCH3 is 1. The summed E-state index contributed by atoms with van der Waals surface area (Å²) in [7, 11) is 1.68. The summed E-state index contributed by atoms with van der Waals surface area (Å²) in [6.45, 7) is 6.78. The molecule has 1 aromatic carbocycles. The molecule has 21 heavy (non-hydrogen) atoms. The zero-order chi connectivity index (χ0) is 15.1. The largest absolute Gasteiger partial charge is 0.491 e. The van der Waals surface area contributed by atoms with Crippen molar-refractivity contribution in [2.75, 3.05) is 32.2 Å². The van der Waals surface area contributed by atoms with Gasteiger partial charge in [0.2, 0.25) is 0 Å².